The first kappa shape index (κ1) is 19.1. The van der Waals surface area contributed by atoms with Crippen molar-refractivity contribution in [3.63, 3.8) is 0 Å². The summed E-state index contributed by atoms with van der Waals surface area (Å²) >= 11 is 1.45. The van der Waals surface area contributed by atoms with Crippen molar-refractivity contribution in [1.82, 2.24) is 5.32 Å². The second-order valence-electron chi connectivity index (χ2n) is 6.05. The summed E-state index contributed by atoms with van der Waals surface area (Å²) < 4.78 is 22.8. The highest BCUT2D eigenvalue weighted by atomic mass is 32.2. The first-order chi connectivity index (χ1) is 11.4. The SMILES string of the molecule is CCN(CCNC(=O)CS[C@@H]1CCS(=O)(=O)C1)c1ccccc1C. The average molecular weight is 371 g/mol. The molecular weight excluding hydrogens is 344 g/mol. The number of amides is 1. The monoisotopic (exact) mass is 370 g/mol. The van der Waals surface area contributed by atoms with Crippen molar-refractivity contribution in [1.29, 1.82) is 0 Å². The molecule has 2 rings (SSSR count). The fourth-order valence-corrected chi connectivity index (χ4v) is 6.31. The lowest BCUT2D eigenvalue weighted by molar-refractivity contribution is -0.118. The van der Waals surface area contributed by atoms with E-state index in [-0.39, 0.29) is 22.7 Å². The van der Waals surface area contributed by atoms with Crippen molar-refractivity contribution in [2.75, 3.05) is 41.8 Å². The normalized spacial score (nSPS) is 19.2. The molecule has 1 fully saturated rings. The molecule has 0 spiro atoms. The van der Waals surface area contributed by atoms with E-state index in [4.69, 9.17) is 0 Å². The molecule has 1 aliphatic heterocycles. The summed E-state index contributed by atoms with van der Waals surface area (Å²) in [5.74, 6) is 0.775. The zero-order valence-corrected chi connectivity index (χ0v) is 16.0. The molecule has 1 aliphatic rings. The van der Waals surface area contributed by atoms with E-state index >= 15 is 0 Å². The maximum atomic E-state index is 11.9. The van der Waals surface area contributed by atoms with Gasteiger partial charge in [0, 0.05) is 30.6 Å². The molecule has 1 aromatic carbocycles. The Hall–Kier alpha value is -1.21. The number of aryl methyl sites for hydroxylation is 1. The number of hydrogen-bond donors (Lipinski definition) is 1. The van der Waals surface area contributed by atoms with Crippen LogP contribution in [-0.2, 0) is 14.6 Å². The molecule has 1 atom stereocenters. The predicted molar refractivity (Wildman–Crippen MR) is 102 cm³/mol. The third-order valence-corrected chi connectivity index (χ3v) is 7.46. The second kappa shape index (κ2) is 8.76. The second-order valence-corrected chi connectivity index (χ2v) is 9.57. The number of likely N-dealkylation sites (N-methyl/N-ethyl adjacent to an activating group) is 1. The minimum atomic E-state index is -2.87. The van der Waals surface area contributed by atoms with Crippen molar-refractivity contribution >= 4 is 33.2 Å². The van der Waals surface area contributed by atoms with E-state index in [2.05, 4.69) is 36.2 Å². The van der Waals surface area contributed by atoms with Crippen LogP contribution in [0.4, 0.5) is 5.69 Å². The number of thioether (sulfide) groups is 1. The van der Waals surface area contributed by atoms with Gasteiger partial charge in [0.2, 0.25) is 5.91 Å². The molecule has 24 heavy (non-hydrogen) atoms. The van der Waals surface area contributed by atoms with Crippen LogP contribution in [0.3, 0.4) is 0 Å². The van der Waals surface area contributed by atoms with Gasteiger partial charge >= 0.3 is 0 Å². The van der Waals surface area contributed by atoms with Crippen molar-refractivity contribution in [3.05, 3.63) is 29.8 Å². The van der Waals surface area contributed by atoms with Crippen LogP contribution in [0, 0.1) is 6.92 Å². The van der Waals surface area contributed by atoms with Gasteiger partial charge in [-0.3, -0.25) is 4.79 Å². The van der Waals surface area contributed by atoms with Crippen LogP contribution in [0.25, 0.3) is 0 Å². The summed E-state index contributed by atoms with van der Waals surface area (Å²) in [6.07, 6.45) is 0.664. The number of carbonyl (C=O) groups is 1. The highest BCUT2D eigenvalue weighted by Gasteiger charge is 2.28. The Morgan fingerprint density at radius 2 is 2.12 bits per heavy atom. The minimum absolute atomic E-state index is 0.0230. The van der Waals surface area contributed by atoms with E-state index in [1.165, 1.54) is 23.0 Å². The summed E-state index contributed by atoms with van der Waals surface area (Å²) in [5.41, 5.74) is 2.42. The van der Waals surface area contributed by atoms with Gasteiger partial charge in [0.15, 0.2) is 9.84 Å². The molecule has 1 aromatic rings. The van der Waals surface area contributed by atoms with E-state index in [0.29, 0.717) is 18.7 Å². The lowest BCUT2D eigenvalue weighted by Crippen LogP contribution is -2.36. The molecule has 0 aliphatic carbocycles. The van der Waals surface area contributed by atoms with Gasteiger partial charge in [-0.2, -0.15) is 0 Å². The number of nitrogens with one attached hydrogen (secondary N) is 1. The van der Waals surface area contributed by atoms with Crippen LogP contribution >= 0.6 is 11.8 Å². The Bertz CT molecular complexity index is 662. The molecule has 7 heteroatoms. The van der Waals surface area contributed by atoms with Crippen molar-refractivity contribution in [2.45, 2.75) is 25.5 Å². The zero-order chi connectivity index (χ0) is 17.6. The van der Waals surface area contributed by atoms with Crippen LogP contribution < -0.4 is 10.2 Å². The van der Waals surface area contributed by atoms with Gasteiger partial charge < -0.3 is 10.2 Å². The summed E-state index contributed by atoms with van der Waals surface area (Å²) in [7, 11) is -2.87. The van der Waals surface area contributed by atoms with Gasteiger partial charge in [-0.05, 0) is 31.9 Å². The number of benzene rings is 1. The van der Waals surface area contributed by atoms with Gasteiger partial charge in [0.1, 0.15) is 0 Å². The molecule has 1 amide bonds. The molecule has 1 N–H and O–H groups in total. The van der Waals surface area contributed by atoms with Gasteiger partial charge in [0.05, 0.1) is 17.3 Å². The Morgan fingerprint density at radius 3 is 2.75 bits per heavy atom. The third kappa shape index (κ3) is 5.70. The molecular formula is C17H26N2O3S2. The molecule has 5 nitrogen and oxygen atoms in total. The van der Waals surface area contributed by atoms with Crippen LogP contribution in [0.2, 0.25) is 0 Å². The maximum absolute atomic E-state index is 11.9. The highest BCUT2D eigenvalue weighted by Crippen LogP contribution is 2.24. The molecule has 0 radical (unpaired) electrons. The van der Waals surface area contributed by atoms with E-state index in [0.717, 1.165) is 13.1 Å². The summed E-state index contributed by atoms with van der Waals surface area (Å²) in [6.45, 7) is 6.42. The van der Waals surface area contributed by atoms with E-state index in [1.54, 1.807) is 0 Å². The fraction of sp³-hybridized carbons (Fsp3) is 0.588. The minimum Gasteiger partial charge on any atom is -0.370 e. The quantitative estimate of drug-likeness (QED) is 0.757. The topological polar surface area (TPSA) is 66.5 Å². The lowest BCUT2D eigenvalue weighted by atomic mass is 10.2. The Morgan fingerprint density at radius 1 is 1.38 bits per heavy atom. The fourth-order valence-electron chi connectivity index (χ4n) is 2.83. The van der Waals surface area contributed by atoms with Gasteiger partial charge in [-0.15, -0.1) is 11.8 Å². The van der Waals surface area contributed by atoms with E-state index < -0.39 is 9.84 Å². The summed E-state index contributed by atoms with van der Waals surface area (Å²) in [6, 6.07) is 8.23. The van der Waals surface area contributed by atoms with Gasteiger partial charge in [0.25, 0.3) is 0 Å². The number of hydrogen-bond acceptors (Lipinski definition) is 5. The van der Waals surface area contributed by atoms with Crippen molar-refractivity contribution < 1.29 is 13.2 Å². The number of sulfone groups is 1. The predicted octanol–water partition coefficient (Wildman–Crippen LogP) is 1.86. The van der Waals surface area contributed by atoms with Crippen LogP contribution in [-0.4, -0.2) is 56.5 Å². The Kier molecular flexibility index (Phi) is 6.98. The number of para-hydroxylation sites is 1. The molecule has 1 saturated heterocycles. The van der Waals surface area contributed by atoms with Crippen LogP contribution in [0.5, 0.6) is 0 Å². The Labute approximate surface area is 149 Å². The standard InChI is InChI=1S/C17H26N2O3S2/c1-3-19(16-7-5-4-6-14(16)2)10-9-18-17(20)12-23-15-8-11-24(21,22)13-15/h4-7,15H,3,8-13H2,1-2H3,(H,18,20)/t15-/m1/s1. The average Bonchev–Trinajstić information content (AvgIpc) is 2.90. The summed E-state index contributed by atoms with van der Waals surface area (Å²) in [5, 5.41) is 3.00. The van der Waals surface area contributed by atoms with E-state index in [1.807, 2.05) is 12.1 Å². The first-order valence-corrected chi connectivity index (χ1v) is 11.2. The lowest BCUT2D eigenvalue weighted by Gasteiger charge is -2.25. The van der Waals surface area contributed by atoms with Gasteiger partial charge in [-0.25, -0.2) is 8.42 Å². The Balaban J connectivity index is 1.71. The number of rotatable bonds is 8. The number of nitrogens with zero attached hydrogens (tertiary/aromatic N) is 1. The highest BCUT2D eigenvalue weighted by molar-refractivity contribution is 8.02. The zero-order valence-electron chi connectivity index (χ0n) is 14.3. The largest absolute Gasteiger partial charge is 0.370 e. The smallest absolute Gasteiger partial charge is 0.230 e. The molecule has 0 saturated carbocycles. The van der Waals surface area contributed by atoms with E-state index in [9.17, 15) is 13.2 Å². The number of carbonyl (C=O) groups excluding carboxylic acids is 1. The molecule has 0 unspecified atom stereocenters. The summed E-state index contributed by atoms with van der Waals surface area (Å²) in [4.78, 5) is 14.2. The number of anilines is 1. The molecule has 0 aromatic heterocycles. The van der Waals surface area contributed by atoms with Crippen molar-refractivity contribution in [2.24, 2.45) is 0 Å². The van der Waals surface area contributed by atoms with Crippen LogP contribution in [0.15, 0.2) is 24.3 Å². The molecule has 134 valence electrons. The first-order valence-electron chi connectivity index (χ1n) is 8.30. The maximum Gasteiger partial charge on any atom is 0.230 e. The third-order valence-electron chi connectivity index (χ3n) is 4.18. The molecule has 1 heterocycles. The van der Waals surface area contributed by atoms with Crippen LogP contribution in [0.1, 0.15) is 18.9 Å². The van der Waals surface area contributed by atoms with Crippen molar-refractivity contribution in [3.8, 4) is 0 Å². The van der Waals surface area contributed by atoms with Gasteiger partial charge in [-0.1, -0.05) is 18.2 Å². The molecule has 0 bridgehead atoms.